The Morgan fingerprint density at radius 2 is 2.00 bits per heavy atom. The zero-order chi connectivity index (χ0) is 12.8. The molecule has 18 heavy (non-hydrogen) atoms. The van der Waals surface area contributed by atoms with E-state index < -0.39 is 0 Å². The lowest BCUT2D eigenvalue weighted by molar-refractivity contribution is 0.0374. The highest BCUT2D eigenvalue weighted by Gasteiger charge is 2.31. The maximum Gasteiger partial charge on any atom is 0.0471 e. The highest BCUT2D eigenvalue weighted by Crippen LogP contribution is 2.37. The first-order chi connectivity index (χ1) is 8.76. The molecule has 0 N–H and O–H groups in total. The van der Waals surface area contributed by atoms with Gasteiger partial charge in [-0.2, -0.15) is 11.8 Å². The fourth-order valence-electron chi connectivity index (χ4n) is 2.11. The molecule has 1 saturated heterocycles. The summed E-state index contributed by atoms with van der Waals surface area (Å²) in [5.41, 5.74) is 1.64. The van der Waals surface area contributed by atoms with Crippen LogP contribution in [0.25, 0.3) is 0 Å². The molecular formula is C14H18BrClOS. The van der Waals surface area contributed by atoms with Crippen LogP contribution < -0.4 is 0 Å². The molecule has 0 bridgehead atoms. The average Bonchev–Trinajstić information content (AvgIpc) is 2.42. The first-order valence-corrected chi connectivity index (χ1v) is 8.86. The maximum atomic E-state index is 6.17. The molecule has 0 atom stereocenters. The Morgan fingerprint density at radius 1 is 1.28 bits per heavy atom. The van der Waals surface area contributed by atoms with Gasteiger partial charge in [0, 0.05) is 35.1 Å². The number of hydrogen-bond acceptors (Lipinski definition) is 2. The minimum absolute atomic E-state index is 0.407. The number of thioether (sulfide) groups is 1. The van der Waals surface area contributed by atoms with Crippen molar-refractivity contribution < 1.29 is 4.74 Å². The summed E-state index contributed by atoms with van der Waals surface area (Å²) in [7, 11) is 0. The zero-order valence-corrected chi connectivity index (χ0v) is 13.5. The summed E-state index contributed by atoms with van der Waals surface area (Å²) in [6.45, 7) is 1.80. The molecule has 1 fully saturated rings. The lowest BCUT2D eigenvalue weighted by Crippen LogP contribution is -2.33. The van der Waals surface area contributed by atoms with Crippen molar-refractivity contribution in [2.45, 2.75) is 18.6 Å². The minimum atomic E-state index is 0.407. The van der Waals surface area contributed by atoms with Crippen molar-refractivity contribution >= 4 is 39.3 Å². The molecule has 0 aromatic heterocycles. The Labute approximate surface area is 127 Å². The average molecular weight is 350 g/mol. The second-order valence-electron chi connectivity index (χ2n) is 4.83. The van der Waals surface area contributed by atoms with Gasteiger partial charge in [0.1, 0.15) is 0 Å². The van der Waals surface area contributed by atoms with Gasteiger partial charge in [0.05, 0.1) is 0 Å². The summed E-state index contributed by atoms with van der Waals surface area (Å²) in [6, 6.07) is 8.11. The van der Waals surface area contributed by atoms with Crippen molar-refractivity contribution in [2.75, 3.05) is 24.3 Å². The van der Waals surface area contributed by atoms with E-state index >= 15 is 0 Å². The number of rotatable bonds is 5. The van der Waals surface area contributed by atoms with Crippen LogP contribution in [0.2, 0.25) is 5.02 Å². The normalized spacial score (nSPS) is 18.8. The van der Waals surface area contributed by atoms with Gasteiger partial charge in [-0.05, 0) is 29.9 Å². The largest absolute Gasteiger partial charge is 0.381 e. The molecular weight excluding hydrogens is 332 g/mol. The second kappa shape index (κ2) is 7.18. The molecule has 4 heteroatoms. The van der Waals surface area contributed by atoms with Crippen LogP contribution in [-0.4, -0.2) is 24.3 Å². The number of ether oxygens (including phenoxy) is 1. The second-order valence-corrected chi connectivity index (χ2v) is 6.78. The predicted octanol–water partition coefficient (Wildman–Crippen LogP) is 4.76. The van der Waals surface area contributed by atoms with Crippen LogP contribution in [-0.2, 0) is 10.5 Å². The first kappa shape index (κ1) is 14.7. The topological polar surface area (TPSA) is 9.23 Å². The Hall–Kier alpha value is 0.300. The van der Waals surface area contributed by atoms with Crippen LogP contribution in [0, 0.1) is 5.41 Å². The molecule has 100 valence electrons. The van der Waals surface area contributed by atoms with Crippen molar-refractivity contribution in [3.8, 4) is 0 Å². The summed E-state index contributed by atoms with van der Waals surface area (Å²) in [5.74, 6) is 2.17. The molecule has 0 saturated carbocycles. The molecule has 0 radical (unpaired) electrons. The number of hydrogen-bond donors (Lipinski definition) is 0. The van der Waals surface area contributed by atoms with E-state index in [1.165, 1.54) is 11.3 Å². The molecule has 1 heterocycles. The van der Waals surface area contributed by atoms with E-state index in [1.54, 1.807) is 0 Å². The molecule has 1 aliphatic heterocycles. The summed E-state index contributed by atoms with van der Waals surface area (Å²) in [6.07, 6.45) is 2.32. The standard InChI is InChI=1S/C14H18BrClOS/c15-10-14(5-7-17-8-6-14)11-18-9-12-3-1-2-4-13(12)16/h1-4H,5-11H2. The number of halogens is 2. The van der Waals surface area contributed by atoms with E-state index in [0.717, 1.165) is 42.2 Å². The molecule has 0 aliphatic carbocycles. The lowest BCUT2D eigenvalue weighted by Gasteiger charge is -2.35. The third-order valence-corrected chi connectivity index (χ3v) is 6.35. The smallest absolute Gasteiger partial charge is 0.0471 e. The van der Waals surface area contributed by atoms with Crippen LogP contribution >= 0.6 is 39.3 Å². The van der Waals surface area contributed by atoms with Crippen molar-refractivity contribution in [2.24, 2.45) is 5.41 Å². The van der Waals surface area contributed by atoms with Crippen LogP contribution in [0.3, 0.4) is 0 Å². The molecule has 0 spiro atoms. The van der Waals surface area contributed by atoms with Gasteiger partial charge in [-0.3, -0.25) is 0 Å². The molecule has 2 rings (SSSR count). The molecule has 1 nitrogen and oxygen atoms in total. The summed E-state index contributed by atoms with van der Waals surface area (Å²) in [4.78, 5) is 0. The predicted molar refractivity (Wildman–Crippen MR) is 83.9 cm³/mol. The van der Waals surface area contributed by atoms with Gasteiger partial charge in [-0.1, -0.05) is 45.7 Å². The third kappa shape index (κ3) is 3.89. The Morgan fingerprint density at radius 3 is 2.67 bits per heavy atom. The molecule has 1 aliphatic rings. The van der Waals surface area contributed by atoms with Crippen molar-refractivity contribution in [1.82, 2.24) is 0 Å². The van der Waals surface area contributed by atoms with Crippen LogP contribution in [0.4, 0.5) is 0 Å². The first-order valence-electron chi connectivity index (χ1n) is 6.21. The van der Waals surface area contributed by atoms with Gasteiger partial charge in [0.25, 0.3) is 0 Å². The Bertz CT molecular complexity index is 380. The van der Waals surface area contributed by atoms with E-state index in [-0.39, 0.29) is 0 Å². The highest BCUT2D eigenvalue weighted by atomic mass is 79.9. The van der Waals surface area contributed by atoms with Gasteiger partial charge in [0.2, 0.25) is 0 Å². The van der Waals surface area contributed by atoms with E-state index in [2.05, 4.69) is 28.1 Å². The number of benzene rings is 1. The van der Waals surface area contributed by atoms with E-state index in [1.807, 2.05) is 23.9 Å². The SMILES string of the molecule is Clc1ccccc1CSCC1(CBr)CCOCC1. The summed E-state index contributed by atoms with van der Waals surface area (Å²) >= 11 is 11.8. The summed E-state index contributed by atoms with van der Waals surface area (Å²) < 4.78 is 5.46. The monoisotopic (exact) mass is 348 g/mol. The summed E-state index contributed by atoms with van der Waals surface area (Å²) in [5, 5.41) is 1.95. The Balaban J connectivity index is 1.85. The third-order valence-electron chi connectivity index (χ3n) is 3.46. The Kier molecular flexibility index (Phi) is 5.87. The van der Waals surface area contributed by atoms with E-state index in [9.17, 15) is 0 Å². The molecule has 0 unspecified atom stereocenters. The van der Waals surface area contributed by atoms with Crippen molar-refractivity contribution in [1.29, 1.82) is 0 Å². The molecule has 0 amide bonds. The maximum absolute atomic E-state index is 6.17. The zero-order valence-electron chi connectivity index (χ0n) is 10.3. The molecule has 1 aromatic carbocycles. The van der Waals surface area contributed by atoms with Crippen LogP contribution in [0.1, 0.15) is 18.4 Å². The quantitative estimate of drug-likeness (QED) is 0.708. The van der Waals surface area contributed by atoms with Gasteiger partial charge in [0.15, 0.2) is 0 Å². The van der Waals surface area contributed by atoms with Gasteiger partial charge in [-0.15, -0.1) is 0 Å². The van der Waals surface area contributed by atoms with Crippen LogP contribution in [0.15, 0.2) is 24.3 Å². The van der Waals surface area contributed by atoms with Gasteiger partial charge in [-0.25, -0.2) is 0 Å². The van der Waals surface area contributed by atoms with Crippen molar-refractivity contribution in [3.63, 3.8) is 0 Å². The van der Waals surface area contributed by atoms with E-state index in [4.69, 9.17) is 16.3 Å². The fourth-order valence-corrected chi connectivity index (χ4v) is 4.81. The van der Waals surface area contributed by atoms with Crippen molar-refractivity contribution in [3.05, 3.63) is 34.9 Å². The fraction of sp³-hybridized carbons (Fsp3) is 0.571. The number of alkyl halides is 1. The minimum Gasteiger partial charge on any atom is -0.381 e. The molecule has 1 aromatic rings. The lowest BCUT2D eigenvalue weighted by atomic mass is 9.85. The van der Waals surface area contributed by atoms with Gasteiger partial charge < -0.3 is 4.74 Å². The highest BCUT2D eigenvalue weighted by molar-refractivity contribution is 9.09. The van der Waals surface area contributed by atoms with Gasteiger partial charge >= 0.3 is 0 Å². The van der Waals surface area contributed by atoms with Crippen LogP contribution in [0.5, 0.6) is 0 Å². The van der Waals surface area contributed by atoms with E-state index in [0.29, 0.717) is 5.41 Å².